The second kappa shape index (κ2) is 26.8. The lowest BCUT2D eigenvalue weighted by molar-refractivity contribution is 0.473. The van der Waals surface area contributed by atoms with Gasteiger partial charge in [0.15, 0.2) is 11.6 Å². The Morgan fingerprint density at radius 1 is 0.416 bits per heavy atom. The van der Waals surface area contributed by atoms with E-state index >= 15 is 8.78 Å². The van der Waals surface area contributed by atoms with Gasteiger partial charge >= 0.3 is 0 Å². The molecule has 0 saturated heterocycles. The van der Waals surface area contributed by atoms with Gasteiger partial charge in [0.05, 0.1) is 17.3 Å². The summed E-state index contributed by atoms with van der Waals surface area (Å²) in [7, 11) is 0. The van der Waals surface area contributed by atoms with E-state index in [1.165, 1.54) is 239 Å². The van der Waals surface area contributed by atoms with E-state index in [-0.39, 0.29) is 22.3 Å². The third-order valence-electron chi connectivity index (χ3n) is 18.5. The van der Waals surface area contributed by atoms with Gasteiger partial charge in [-0.3, -0.25) is 0 Å². The van der Waals surface area contributed by atoms with E-state index in [4.69, 9.17) is 0 Å². The van der Waals surface area contributed by atoms with Crippen LogP contribution in [0.2, 0.25) is 0 Å². The summed E-state index contributed by atoms with van der Waals surface area (Å²) in [6.45, 7) is 18.2. The Kier molecular flexibility index (Phi) is 20.3. The summed E-state index contributed by atoms with van der Waals surface area (Å²) in [5.41, 5.74) is 12.7. The quantitative estimate of drug-likeness (QED) is 0.0383. The van der Waals surface area contributed by atoms with E-state index < -0.39 is 11.6 Å². The minimum Gasteiger partial charge on any atom is -0.203 e. The van der Waals surface area contributed by atoms with Crippen molar-refractivity contribution in [1.29, 1.82) is 0 Å². The molecule has 7 heteroatoms. The smallest absolute Gasteiger partial charge is 0.170 e. The number of unbranched alkanes of at least 4 members (excludes halogenated alkanes) is 26. The Morgan fingerprint density at radius 3 is 1.22 bits per heavy atom. The molecule has 2 unspecified atom stereocenters. The predicted molar refractivity (Wildman–Crippen MR) is 335 cm³/mol. The molecule has 9 rings (SSSR count). The average molecular weight is 1100 g/mol. The summed E-state index contributed by atoms with van der Waals surface area (Å²) in [4.78, 5) is 2.19. The highest BCUT2D eigenvalue weighted by Gasteiger charge is 2.45. The molecule has 3 aromatic heterocycles. The van der Waals surface area contributed by atoms with Crippen LogP contribution in [-0.2, 0) is 10.8 Å². The van der Waals surface area contributed by atoms with Crippen LogP contribution in [0.15, 0.2) is 48.5 Å². The minimum absolute atomic E-state index is 0.102. The lowest BCUT2D eigenvalue weighted by Crippen LogP contribution is -2.22. The first-order valence-electron chi connectivity index (χ1n) is 31.4. The van der Waals surface area contributed by atoms with Gasteiger partial charge in [0, 0.05) is 35.5 Å². The summed E-state index contributed by atoms with van der Waals surface area (Å²) in [5, 5.41) is 2.49. The molecule has 0 spiro atoms. The first kappa shape index (κ1) is 58.1. The van der Waals surface area contributed by atoms with Gasteiger partial charge in [-0.2, -0.15) is 8.75 Å². The summed E-state index contributed by atoms with van der Waals surface area (Å²) < 4.78 is 44.1. The van der Waals surface area contributed by atoms with Gasteiger partial charge in [-0.25, -0.2) is 8.78 Å². The molecule has 2 aliphatic rings. The molecule has 0 fully saturated rings. The summed E-state index contributed by atoms with van der Waals surface area (Å²) in [6, 6.07) is 19.9. The van der Waals surface area contributed by atoms with Crippen LogP contribution >= 0.6 is 34.4 Å². The van der Waals surface area contributed by atoms with Crippen LogP contribution in [0.25, 0.3) is 63.9 Å². The molecule has 0 N–H and O–H groups in total. The van der Waals surface area contributed by atoms with Crippen LogP contribution < -0.4 is 0 Å². The van der Waals surface area contributed by atoms with Gasteiger partial charge in [-0.1, -0.05) is 235 Å². The van der Waals surface area contributed by atoms with Crippen molar-refractivity contribution in [1.82, 2.24) is 8.75 Å². The van der Waals surface area contributed by atoms with Gasteiger partial charge in [0.25, 0.3) is 0 Å². The van der Waals surface area contributed by atoms with Crippen LogP contribution in [0.3, 0.4) is 0 Å². The van der Waals surface area contributed by atoms with Gasteiger partial charge < -0.3 is 0 Å². The van der Waals surface area contributed by atoms with E-state index in [9.17, 15) is 0 Å². The molecule has 2 aliphatic carbocycles. The standard InChI is InChI=1S/C70H94F2N2S3/c1-9-11-13-15-17-19-21-23-25-27-29-31-33-35-37-69(7)55-39-49-41-59(47(3)4)75-60(49)45-53(55)51-43-58-52(44-57(51)69)54-46-61-50(42-62(76-61)64-66(72)65(71)63(48(5)6)67-68(64)74-77-73-67)40-56(54)70(58,8)38-36-34-32-30-28-26-24-22-20-18-16-14-12-10-2/h39-48H,9-38H2,1-8H3. The van der Waals surface area contributed by atoms with Crippen LogP contribution in [0.1, 0.15) is 293 Å². The van der Waals surface area contributed by atoms with E-state index in [0.29, 0.717) is 27.4 Å². The molecular weight excluding hydrogens is 1000 g/mol. The molecule has 77 heavy (non-hydrogen) atoms. The molecule has 0 saturated carbocycles. The van der Waals surface area contributed by atoms with Crippen LogP contribution in [-0.4, -0.2) is 8.75 Å². The van der Waals surface area contributed by atoms with Crippen molar-refractivity contribution < 1.29 is 8.78 Å². The number of aromatic nitrogens is 2. The number of benzene rings is 4. The van der Waals surface area contributed by atoms with E-state index in [1.807, 2.05) is 25.2 Å². The Bertz CT molecular complexity index is 3060. The van der Waals surface area contributed by atoms with Crippen molar-refractivity contribution in [2.24, 2.45) is 0 Å². The van der Waals surface area contributed by atoms with Crippen LogP contribution in [0.5, 0.6) is 0 Å². The fourth-order valence-corrected chi connectivity index (χ4v) is 16.6. The van der Waals surface area contributed by atoms with Crippen molar-refractivity contribution in [3.8, 4) is 32.7 Å². The molecular formula is C70H94F2N2S3. The monoisotopic (exact) mass is 1100 g/mol. The maximum Gasteiger partial charge on any atom is 0.170 e. The topological polar surface area (TPSA) is 25.8 Å². The second-order valence-electron chi connectivity index (χ2n) is 25.1. The Balaban J connectivity index is 0.996. The van der Waals surface area contributed by atoms with Crippen molar-refractivity contribution in [3.63, 3.8) is 0 Å². The SMILES string of the molecule is CCCCCCCCCCCCCCCCC1(C)c2cc3c(cc2-c2cc4sc(-c5c(F)c(F)c(C(C)C)c6nsnc56)cc4cc21)C(C)(CCCCCCCCCCCCCCCC)c1cc2cc(C(C)C)sc2cc1-3. The Labute approximate surface area is 476 Å². The zero-order valence-electron chi connectivity index (χ0n) is 48.9. The summed E-state index contributed by atoms with van der Waals surface area (Å²) >= 11 is 4.59. The van der Waals surface area contributed by atoms with Gasteiger partial charge in [-0.05, 0) is 128 Å². The highest BCUT2D eigenvalue weighted by Crippen LogP contribution is 2.60. The van der Waals surface area contributed by atoms with Crippen molar-refractivity contribution in [2.75, 3.05) is 0 Å². The molecule has 0 amide bonds. The van der Waals surface area contributed by atoms with Crippen molar-refractivity contribution >= 4 is 65.6 Å². The van der Waals surface area contributed by atoms with Crippen molar-refractivity contribution in [2.45, 2.75) is 271 Å². The Morgan fingerprint density at radius 2 is 0.792 bits per heavy atom. The van der Waals surface area contributed by atoms with Gasteiger partial charge in [0.2, 0.25) is 0 Å². The molecule has 2 atom stereocenters. The first-order chi connectivity index (χ1) is 37.4. The molecule has 3 heterocycles. The zero-order valence-corrected chi connectivity index (χ0v) is 51.3. The maximum absolute atomic E-state index is 16.4. The van der Waals surface area contributed by atoms with E-state index in [0.717, 1.165) is 34.7 Å². The minimum atomic E-state index is -0.811. The van der Waals surface area contributed by atoms with Crippen molar-refractivity contribution in [3.05, 3.63) is 92.9 Å². The molecule has 4 aromatic carbocycles. The molecule has 0 radical (unpaired) electrons. The van der Waals surface area contributed by atoms with E-state index in [1.54, 1.807) is 11.3 Å². The number of rotatable bonds is 33. The third kappa shape index (κ3) is 12.7. The third-order valence-corrected chi connectivity index (χ3v) is 21.6. The Hall–Kier alpha value is -3.52. The lowest BCUT2D eigenvalue weighted by Gasteiger charge is -2.30. The van der Waals surface area contributed by atoms with Gasteiger partial charge in [0.1, 0.15) is 11.0 Å². The number of thiophene rings is 2. The van der Waals surface area contributed by atoms with Crippen LogP contribution in [0.4, 0.5) is 8.78 Å². The molecule has 0 bridgehead atoms. The number of nitrogens with zero attached hydrogens (tertiary/aromatic N) is 2. The number of hydrogen-bond donors (Lipinski definition) is 0. The summed E-state index contributed by atoms with van der Waals surface area (Å²) in [6.07, 6.45) is 40.3. The summed E-state index contributed by atoms with van der Waals surface area (Å²) in [5.74, 6) is -1.31. The number of halogens is 2. The highest BCUT2D eigenvalue weighted by molar-refractivity contribution is 7.22. The molecule has 416 valence electrons. The average Bonchev–Trinajstić information content (AvgIpc) is 4.35. The highest BCUT2D eigenvalue weighted by atomic mass is 32.1. The first-order valence-corrected chi connectivity index (χ1v) is 33.7. The fourth-order valence-electron chi connectivity index (χ4n) is 13.8. The molecule has 2 nitrogen and oxygen atoms in total. The lowest BCUT2D eigenvalue weighted by atomic mass is 9.73. The zero-order chi connectivity index (χ0) is 54.1. The maximum atomic E-state index is 16.4. The normalized spacial score (nSPS) is 16.8. The van der Waals surface area contributed by atoms with Crippen LogP contribution in [0, 0.1) is 11.6 Å². The fraction of sp³-hybridized carbons (Fsp3) is 0.600. The molecule has 0 aliphatic heterocycles. The predicted octanol–water partition coefficient (Wildman–Crippen LogP) is 24.6. The number of fused-ring (bicyclic) bond motifs is 9. The molecule has 7 aromatic rings. The van der Waals surface area contributed by atoms with Gasteiger partial charge in [-0.15, -0.1) is 22.7 Å². The second-order valence-corrected chi connectivity index (χ2v) is 27.8. The largest absolute Gasteiger partial charge is 0.203 e. The van der Waals surface area contributed by atoms with E-state index in [2.05, 4.69) is 98.8 Å². The number of hydrogen-bond acceptors (Lipinski definition) is 5.